The second-order valence-corrected chi connectivity index (χ2v) is 15.5. The van der Waals surface area contributed by atoms with Crippen molar-refractivity contribution in [2.24, 2.45) is 0 Å². The minimum atomic E-state index is -1.06. The second kappa shape index (κ2) is 19.2. The van der Waals surface area contributed by atoms with E-state index in [0.717, 1.165) is 54.4 Å². The van der Waals surface area contributed by atoms with Crippen LogP contribution in [0.5, 0.6) is 11.5 Å². The lowest BCUT2D eigenvalue weighted by Crippen LogP contribution is -2.56. The Morgan fingerprint density at radius 1 is 0.940 bits per heavy atom. The average Bonchev–Trinajstić information content (AvgIpc) is 3.55. The number of alkyl halides is 1. The van der Waals surface area contributed by atoms with Crippen molar-refractivity contribution in [3.63, 3.8) is 0 Å². The highest BCUT2D eigenvalue weighted by molar-refractivity contribution is 14.1. The van der Waals surface area contributed by atoms with Gasteiger partial charge in [-0.3, -0.25) is 9.59 Å². The van der Waals surface area contributed by atoms with Gasteiger partial charge in [0.15, 0.2) is 0 Å². The number of carbonyl (C=O) groups is 4. The van der Waals surface area contributed by atoms with Crippen LogP contribution in [0.1, 0.15) is 106 Å². The number of aryl methyl sites for hydroxylation is 1. The molecule has 0 aliphatic carbocycles. The molecule has 12 heteroatoms. The number of aromatic hydroxyl groups is 2. The third kappa shape index (κ3) is 12.1. The first-order valence-electron chi connectivity index (χ1n) is 17.6. The van der Waals surface area contributed by atoms with Crippen molar-refractivity contribution in [2.45, 2.75) is 126 Å². The van der Waals surface area contributed by atoms with Gasteiger partial charge in [0.2, 0.25) is 11.8 Å². The molecule has 2 aromatic carbocycles. The van der Waals surface area contributed by atoms with Gasteiger partial charge in [-0.05, 0) is 81.7 Å². The third-order valence-corrected chi connectivity index (χ3v) is 9.97. The molecule has 1 aliphatic rings. The quantitative estimate of drug-likeness (QED) is 0.0655. The van der Waals surface area contributed by atoms with Crippen molar-refractivity contribution in [3.05, 3.63) is 58.7 Å². The molecule has 2 aromatic rings. The highest BCUT2D eigenvalue weighted by Gasteiger charge is 2.39. The van der Waals surface area contributed by atoms with Crippen LogP contribution >= 0.6 is 22.6 Å². The molecule has 3 amide bonds. The lowest BCUT2D eigenvalue weighted by molar-refractivity contribution is -0.146. The van der Waals surface area contributed by atoms with E-state index in [2.05, 4.69) is 47.1 Å². The Morgan fingerprint density at radius 2 is 1.60 bits per heavy atom. The monoisotopic (exact) mass is 807 g/mol. The summed E-state index contributed by atoms with van der Waals surface area (Å²) >= 11 is 2.29. The van der Waals surface area contributed by atoms with Crippen molar-refractivity contribution < 1.29 is 38.9 Å². The number of esters is 1. The number of rotatable bonds is 16. The molecule has 0 aromatic heterocycles. The number of hydrogen-bond acceptors (Lipinski definition) is 8. The van der Waals surface area contributed by atoms with Gasteiger partial charge in [0, 0.05) is 28.9 Å². The molecule has 2 unspecified atom stereocenters. The summed E-state index contributed by atoms with van der Waals surface area (Å²) in [4.78, 5) is 55.3. The summed E-state index contributed by atoms with van der Waals surface area (Å²) in [5.41, 5.74) is 2.22. The predicted octanol–water partition coefficient (Wildman–Crippen LogP) is 6.43. The first-order valence-corrected chi connectivity index (χ1v) is 18.9. The molecule has 0 spiro atoms. The largest absolute Gasteiger partial charge is 0.508 e. The number of benzene rings is 2. The number of ether oxygens (including phenoxy) is 2. The van der Waals surface area contributed by atoms with Crippen LogP contribution in [-0.4, -0.2) is 76.4 Å². The number of amides is 3. The molecule has 0 saturated carbocycles. The molecule has 1 saturated heterocycles. The fourth-order valence-electron chi connectivity index (χ4n) is 6.15. The van der Waals surface area contributed by atoms with Crippen molar-refractivity contribution in [1.82, 2.24) is 15.5 Å². The molecule has 0 radical (unpaired) electrons. The standard InChI is InChI=1S/C38H54IN3O8/c1-7-9-10-13-26-20-24(15-17-32(26)43)23-30(36(47)49-6)40-34(45)31-14-11-19-42(31)35(46)29(41-37(48)50-38(3,4)5)22-25-16-18-33(44)27(21-25)28(39)12-8-2/h15-18,20-21,28-31,43-44H,7-14,19,22-23H2,1-6H3,(H,40,45)(H,41,48)/t28?,29-,30-,31?/m0/s1. The molecule has 1 heterocycles. The number of halogens is 1. The molecule has 1 aliphatic heterocycles. The molecule has 4 atom stereocenters. The number of alkyl carbamates (subject to hydrolysis) is 1. The average molecular weight is 808 g/mol. The van der Waals surface area contributed by atoms with Crippen LogP contribution in [0.4, 0.5) is 4.79 Å². The van der Waals surface area contributed by atoms with Crippen LogP contribution in [0.3, 0.4) is 0 Å². The van der Waals surface area contributed by atoms with E-state index in [9.17, 15) is 29.4 Å². The molecule has 50 heavy (non-hydrogen) atoms. The van der Waals surface area contributed by atoms with Crippen LogP contribution in [0.15, 0.2) is 36.4 Å². The van der Waals surface area contributed by atoms with Gasteiger partial charge < -0.3 is 35.2 Å². The Morgan fingerprint density at radius 3 is 2.24 bits per heavy atom. The minimum Gasteiger partial charge on any atom is -0.508 e. The first kappa shape index (κ1) is 40.9. The number of nitrogens with zero attached hydrogens (tertiary/aromatic N) is 1. The van der Waals surface area contributed by atoms with E-state index >= 15 is 0 Å². The van der Waals surface area contributed by atoms with E-state index < -0.39 is 47.6 Å². The van der Waals surface area contributed by atoms with Gasteiger partial charge in [0.25, 0.3) is 0 Å². The molecule has 3 rings (SSSR count). The molecule has 4 N–H and O–H groups in total. The fraction of sp³-hybridized carbons (Fsp3) is 0.579. The number of carbonyl (C=O) groups excluding carboxylic acids is 4. The summed E-state index contributed by atoms with van der Waals surface area (Å²) in [7, 11) is 1.25. The van der Waals surface area contributed by atoms with Crippen molar-refractivity contribution in [1.29, 1.82) is 0 Å². The van der Waals surface area contributed by atoms with Crippen molar-refractivity contribution >= 4 is 46.5 Å². The van der Waals surface area contributed by atoms with E-state index in [1.54, 1.807) is 45.0 Å². The Labute approximate surface area is 310 Å². The number of methoxy groups -OCH3 is 1. The zero-order valence-corrected chi connectivity index (χ0v) is 32.4. The number of phenolic OH excluding ortho intramolecular Hbond substituents is 2. The van der Waals surface area contributed by atoms with Gasteiger partial charge in [-0.25, -0.2) is 9.59 Å². The van der Waals surface area contributed by atoms with E-state index in [1.165, 1.54) is 12.0 Å². The SMILES string of the molecule is CCCCCc1cc(C[C@H](NC(=O)C2CCCN2C(=O)[C@H](Cc2ccc(O)c(C(I)CCC)c2)NC(=O)OC(C)(C)C)C(=O)OC)ccc1O. The van der Waals surface area contributed by atoms with E-state index in [-0.39, 0.29) is 28.3 Å². The zero-order chi connectivity index (χ0) is 37.0. The maximum absolute atomic E-state index is 14.2. The summed E-state index contributed by atoms with van der Waals surface area (Å²) in [6, 6.07) is 7.39. The molecule has 276 valence electrons. The highest BCUT2D eigenvalue weighted by Crippen LogP contribution is 2.35. The molecular formula is C38H54IN3O8. The van der Waals surface area contributed by atoms with Crippen LogP contribution in [0.2, 0.25) is 0 Å². The van der Waals surface area contributed by atoms with Gasteiger partial charge in [-0.15, -0.1) is 0 Å². The van der Waals surface area contributed by atoms with Crippen molar-refractivity contribution in [3.8, 4) is 11.5 Å². The highest BCUT2D eigenvalue weighted by atomic mass is 127. The smallest absolute Gasteiger partial charge is 0.408 e. The van der Waals surface area contributed by atoms with Gasteiger partial charge in [-0.1, -0.05) is 80.0 Å². The van der Waals surface area contributed by atoms with E-state index in [4.69, 9.17) is 9.47 Å². The third-order valence-electron chi connectivity index (χ3n) is 8.67. The van der Waals surface area contributed by atoms with Crippen LogP contribution in [0, 0.1) is 0 Å². The summed E-state index contributed by atoms with van der Waals surface area (Å²) in [6.45, 7) is 9.66. The Hall–Kier alpha value is -3.55. The summed E-state index contributed by atoms with van der Waals surface area (Å²) in [5, 5.41) is 26.5. The molecule has 11 nitrogen and oxygen atoms in total. The number of nitrogens with one attached hydrogen (secondary N) is 2. The minimum absolute atomic E-state index is 0.0640. The lowest BCUT2D eigenvalue weighted by Gasteiger charge is -2.30. The normalized spacial score (nSPS) is 16.3. The van der Waals surface area contributed by atoms with Gasteiger partial charge in [0.1, 0.15) is 35.2 Å². The summed E-state index contributed by atoms with van der Waals surface area (Å²) in [5.74, 6) is -1.21. The van der Waals surface area contributed by atoms with Gasteiger partial charge >= 0.3 is 12.1 Å². The maximum Gasteiger partial charge on any atom is 0.408 e. The van der Waals surface area contributed by atoms with Crippen LogP contribution in [-0.2, 0) is 43.1 Å². The topological polar surface area (TPSA) is 154 Å². The molecule has 1 fully saturated rings. The van der Waals surface area contributed by atoms with E-state index in [0.29, 0.717) is 25.8 Å². The van der Waals surface area contributed by atoms with Crippen LogP contribution in [0.25, 0.3) is 0 Å². The summed E-state index contributed by atoms with van der Waals surface area (Å²) in [6.07, 6.45) is 5.91. The van der Waals surface area contributed by atoms with Crippen molar-refractivity contribution in [2.75, 3.05) is 13.7 Å². The van der Waals surface area contributed by atoms with Gasteiger partial charge in [0.05, 0.1) is 7.11 Å². The Balaban J connectivity index is 1.84. The second-order valence-electron chi connectivity index (χ2n) is 14.0. The molecular weight excluding hydrogens is 753 g/mol. The number of phenols is 2. The number of hydrogen-bond donors (Lipinski definition) is 4. The van der Waals surface area contributed by atoms with Crippen LogP contribution < -0.4 is 10.6 Å². The Kier molecular flexibility index (Phi) is 15.7. The van der Waals surface area contributed by atoms with Gasteiger partial charge in [-0.2, -0.15) is 0 Å². The predicted molar refractivity (Wildman–Crippen MR) is 200 cm³/mol. The molecule has 0 bridgehead atoms. The summed E-state index contributed by atoms with van der Waals surface area (Å²) < 4.78 is 10.6. The number of unbranched alkanes of at least 4 members (excludes halogenated alkanes) is 2. The first-order chi connectivity index (χ1) is 23.7. The maximum atomic E-state index is 14.2. The van der Waals surface area contributed by atoms with E-state index in [1.807, 2.05) is 12.1 Å². The number of likely N-dealkylation sites (tertiary alicyclic amines) is 1. The fourth-order valence-corrected chi connectivity index (χ4v) is 7.27. The Bertz CT molecular complexity index is 1480. The zero-order valence-electron chi connectivity index (χ0n) is 30.2. The lowest BCUT2D eigenvalue weighted by atomic mass is 9.98.